The first-order chi connectivity index (χ1) is 13.7. The van der Waals surface area contributed by atoms with E-state index < -0.39 is 0 Å². The van der Waals surface area contributed by atoms with Crippen LogP contribution in [-0.4, -0.2) is 64.7 Å². The van der Waals surface area contributed by atoms with Gasteiger partial charge in [0.15, 0.2) is 5.16 Å². The van der Waals surface area contributed by atoms with Crippen LogP contribution in [0.3, 0.4) is 0 Å². The molecule has 0 bridgehead atoms. The van der Waals surface area contributed by atoms with E-state index in [-0.39, 0.29) is 11.7 Å². The molecule has 2 heterocycles. The van der Waals surface area contributed by atoms with E-state index in [0.29, 0.717) is 29.7 Å². The number of hydrogen-bond donors (Lipinski definition) is 1. The summed E-state index contributed by atoms with van der Waals surface area (Å²) in [6.07, 6.45) is 1.81. The molecule has 1 aliphatic heterocycles. The van der Waals surface area contributed by atoms with Crippen LogP contribution in [0.1, 0.15) is 5.82 Å². The number of benzene rings is 1. The van der Waals surface area contributed by atoms with Crippen LogP contribution in [0.2, 0.25) is 0 Å². The summed E-state index contributed by atoms with van der Waals surface area (Å²) in [6, 6.07) is 7.32. The minimum absolute atomic E-state index is 0.127. The Morgan fingerprint density at radius 1 is 1.36 bits per heavy atom. The standard InChI is InChI=1S/C19H25N5O3S/c1-3-8-24-17(13-23-9-11-27-12-10-23)21-22-19(24)28-14-18(25)20-15-6-4-5-7-16(15)26-2/h3-7H,1,8-14H2,2H3,(H,20,25). The van der Waals surface area contributed by atoms with E-state index in [4.69, 9.17) is 9.47 Å². The topological polar surface area (TPSA) is 81.5 Å². The number of morpholine rings is 1. The molecule has 8 nitrogen and oxygen atoms in total. The number of thioether (sulfide) groups is 1. The summed E-state index contributed by atoms with van der Waals surface area (Å²) in [5.41, 5.74) is 0.649. The molecule has 0 radical (unpaired) electrons. The van der Waals surface area contributed by atoms with Gasteiger partial charge >= 0.3 is 0 Å². The molecule has 9 heteroatoms. The summed E-state index contributed by atoms with van der Waals surface area (Å²) in [5, 5.41) is 12.2. The third-order valence-corrected chi connectivity index (χ3v) is 5.25. The molecule has 0 unspecified atom stereocenters. The van der Waals surface area contributed by atoms with Crippen LogP contribution in [0, 0.1) is 0 Å². The van der Waals surface area contributed by atoms with E-state index in [0.717, 1.165) is 32.1 Å². The van der Waals surface area contributed by atoms with E-state index in [2.05, 4.69) is 27.0 Å². The largest absolute Gasteiger partial charge is 0.495 e. The number of nitrogens with one attached hydrogen (secondary N) is 1. The van der Waals surface area contributed by atoms with Crippen LogP contribution in [0.15, 0.2) is 42.1 Å². The van der Waals surface area contributed by atoms with Gasteiger partial charge in [-0.3, -0.25) is 9.69 Å². The fourth-order valence-electron chi connectivity index (χ4n) is 2.88. The molecule has 150 valence electrons. The van der Waals surface area contributed by atoms with E-state index >= 15 is 0 Å². The monoisotopic (exact) mass is 403 g/mol. The van der Waals surface area contributed by atoms with Crippen LogP contribution in [-0.2, 0) is 22.6 Å². The quantitative estimate of drug-likeness (QED) is 0.507. The molecule has 1 amide bonds. The second-order valence-corrected chi connectivity index (χ2v) is 7.17. The number of hydrogen-bond acceptors (Lipinski definition) is 7. The molecule has 1 aromatic heterocycles. The highest BCUT2D eigenvalue weighted by atomic mass is 32.2. The number of aromatic nitrogens is 3. The van der Waals surface area contributed by atoms with Crippen molar-refractivity contribution in [1.29, 1.82) is 0 Å². The Morgan fingerprint density at radius 3 is 2.89 bits per heavy atom. The molecule has 0 aliphatic carbocycles. The van der Waals surface area contributed by atoms with Crippen molar-refractivity contribution >= 4 is 23.4 Å². The highest BCUT2D eigenvalue weighted by Crippen LogP contribution is 2.24. The lowest BCUT2D eigenvalue weighted by Gasteiger charge is -2.26. The van der Waals surface area contributed by atoms with Gasteiger partial charge in [0, 0.05) is 19.6 Å². The van der Waals surface area contributed by atoms with Crippen molar-refractivity contribution in [3.05, 3.63) is 42.7 Å². The van der Waals surface area contributed by atoms with Gasteiger partial charge in [0.05, 0.1) is 38.3 Å². The molecular weight excluding hydrogens is 378 g/mol. The average molecular weight is 404 g/mol. The van der Waals surface area contributed by atoms with Gasteiger partial charge in [-0.25, -0.2) is 0 Å². The van der Waals surface area contributed by atoms with Crippen molar-refractivity contribution in [2.24, 2.45) is 0 Å². The Kier molecular flexibility index (Phi) is 7.46. The summed E-state index contributed by atoms with van der Waals surface area (Å²) in [4.78, 5) is 14.6. The second-order valence-electron chi connectivity index (χ2n) is 6.22. The van der Waals surface area contributed by atoms with Gasteiger partial charge in [-0.2, -0.15) is 0 Å². The first kappa shape index (κ1) is 20.4. The van der Waals surface area contributed by atoms with Gasteiger partial charge in [-0.1, -0.05) is 30.0 Å². The second kappa shape index (κ2) is 10.3. The number of allylic oxidation sites excluding steroid dienone is 1. The van der Waals surface area contributed by atoms with Gasteiger partial charge in [0.1, 0.15) is 11.6 Å². The van der Waals surface area contributed by atoms with Crippen LogP contribution in [0.5, 0.6) is 5.75 Å². The van der Waals surface area contributed by atoms with E-state index in [9.17, 15) is 4.79 Å². The summed E-state index contributed by atoms with van der Waals surface area (Å²) >= 11 is 1.36. The van der Waals surface area contributed by atoms with Gasteiger partial charge in [0.2, 0.25) is 5.91 Å². The number of methoxy groups -OCH3 is 1. The third kappa shape index (κ3) is 5.34. The Morgan fingerprint density at radius 2 is 2.14 bits per heavy atom. The molecule has 1 aromatic carbocycles. The summed E-state index contributed by atoms with van der Waals surface area (Å²) in [5.74, 6) is 1.60. The van der Waals surface area contributed by atoms with Crippen molar-refractivity contribution < 1.29 is 14.3 Å². The zero-order valence-corrected chi connectivity index (χ0v) is 16.8. The maximum Gasteiger partial charge on any atom is 0.234 e. The Hall–Kier alpha value is -2.36. The summed E-state index contributed by atoms with van der Waals surface area (Å²) < 4.78 is 12.7. The zero-order chi connectivity index (χ0) is 19.8. The van der Waals surface area contributed by atoms with Crippen molar-refractivity contribution in [2.75, 3.05) is 44.5 Å². The SMILES string of the molecule is C=CCn1c(CN2CCOCC2)nnc1SCC(=O)Nc1ccccc1OC. The third-order valence-electron chi connectivity index (χ3n) is 4.29. The molecule has 1 fully saturated rings. The smallest absolute Gasteiger partial charge is 0.234 e. The molecule has 1 saturated heterocycles. The van der Waals surface area contributed by atoms with Gasteiger partial charge < -0.3 is 19.4 Å². The Balaban J connectivity index is 1.61. The van der Waals surface area contributed by atoms with E-state index in [1.165, 1.54) is 11.8 Å². The van der Waals surface area contributed by atoms with Crippen molar-refractivity contribution in [1.82, 2.24) is 19.7 Å². The predicted molar refractivity (Wildman–Crippen MR) is 109 cm³/mol. The molecule has 1 aliphatic rings. The van der Waals surface area contributed by atoms with Crippen LogP contribution < -0.4 is 10.1 Å². The molecule has 0 saturated carbocycles. The van der Waals surface area contributed by atoms with Crippen molar-refractivity contribution in [3.63, 3.8) is 0 Å². The normalized spacial score (nSPS) is 14.6. The van der Waals surface area contributed by atoms with E-state index in [1.807, 2.05) is 28.8 Å². The van der Waals surface area contributed by atoms with Crippen LogP contribution in [0.4, 0.5) is 5.69 Å². The number of carbonyl (C=O) groups is 1. The van der Waals surface area contributed by atoms with Gasteiger partial charge in [0.25, 0.3) is 0 Å². The molecule has 28 heavy (non-hydrogen) atoms. The van der Waals surface area contributed by atoms with Gasteiger partial charge in [-0.05, 0) is 12.1 Å². The van der Waals surface area contributed by atoms with Crippen molar-refractivity contribution in [3.8, 4) is 5.75 Å². The molecule has 0 atom stereocenters. The summed E-state index contributed by atoms with van der Waals surface area (Å²) in [6.45, 7) is 8.36. The maximum atomic E-state index is 12.4. The zero-order valence-electron chi connectivity index (χ0n) is 16.0. The number of carbonyl (C=O) groups excluding carboxylic acids is 1. The summed E-state index contributed by atoms with van der Waals surface area (Å²) in [7, 11) is 1.58. The van der Waals surface area contributed by atoms with Crippen LogP contribution >= 0.6 is 11.8 Å². The molecular formula is C19H25N5O3S. The highest BCUT2D eigenvalue weighted by Gasteiger charge is 2.18. The number of anilines is 1. The van der Waals surface area contributed by atoms with Crippen molar-refractivity contribution in [2.45, 2.75) is 18.2 Å². The lowest BCUT2D eigenvalue weighted by molar-refractivity contribution is -0.113. The molecule has 0 spiro atoms. The fourth-order valence-corrected chi connectivity index (χ4v) is 3.65. The predicted octanol–water partition coefficient (Wildman–Crippen LogP) is 2.04. The van der Waals surface area contributed by atoms with Crippen LogP contribution in [0.25, 0.3) is 0 Å². The number of para-hydroxylation sites is 2. The first-order valence-electron chi connectivity index (χ1n) is 9.10. The number of rotatable bonds is 9. The fraction of sp³-hybridized carbons (Fsp3) is 0.421. The lowest BCUT2D eigenvalue weighted by atomic mass is 10.3. The maximum absolute atomic E-state index is 12.4. The molecule has 1 N–H and O–H groups in total. The minimum atomic E-state index is -0.127. The van der Waals surface area contributed by atoms with E-state index in [1.54, 1.807) is 13.2 Å². The molecule has 3 rings (SSSR count). The first-order valence-corrected chi connectivity index (χ1v) is 10.1. The minimum Gasteiger partial charge on any atom is -0.495 e. The number of ether oxygens (including phenoxy) is 2. The highest BCUT2D eigenvalue weighted by molar-refractivity contribution is 7.99. The average Bonchev–Trinajstić information content (AvgIpc) is 3.09. The lowest BCUT2D eigenvalue weighted by Crippen LogP contribution is -2.36. The van der Waals surface area contributed by atoms with Gasteiger partial charge in [-0.15, -0.1) is 16.8 Å². The number of amides is 1. The molecule has 2 aromatic rings. The number of nitrogens with zero attached hydrogens (tertiary/aromatic N) is 4. The Labute approximate surface area is 168 Å². The Bertz CT molecular complexity index is 805.